The van der Waals surface area contributed by atoms with Gasteiger partial charge in [-0.15, -0.1) is 0 Å². The molecule has 0 spiro atoms. The number of esters is 1. The lowest BCUT2D eigenvalue weighted by Gasteiger charge is -2.43. The van der Waals surface area contributed by atoms with Gasteiger partial charge in [-0.25, -0.2) is 4.79 Å². The van der Waals surface area contributed by atoms with Crippen molar-refractivity contribution in [2.24, 2.45) is 17.8 Å². The summed E-state index contributed by atoms with van der Waals surface area (Å²) in [6.45, 7) is 11.3. The number of cyclic esters (lactones) is 1. The molecule has 0 amide bonds. The van der Waals surface area contributed by atoms with E-state index < -0.39 is 73.5 Å². The Bertz CT molecular complexity index is 976. The van der Waals surface area contributed by atoms with Crippen LogP contribution in [0.4, 0.5) is 0 Å². The van der Waals surface area contributed by atoms with Gasteiger partial charge in [0.1, 0.15) is 36.3 Å². The van der Waals surface area contributed by atoms with Crippen molar-refractivity contribution in [2.45, 2.75) is 154 Å². The van der Waals surface area contributed by atoms with Crippen LogP contribution in [0.2, 0.25) is 0 Å². The Morgan fingerprint density at radius 1 is 0.739 bits per heavy atom. The molecule has 0 aromatic heterocycles. The van der Waals surface area contributed by atoms with E-state index in [1.54, 1.807) is 27.0 Å². The third-order valence-corrected chi connectivity index (χ3v) is 9.67. The van der Waals surface area contributed by atoms with Crippen molar-refractivity contribution in [3.05, 3.63) is 12.2 Å². The van der Waals surface area contributed by atoms with E-state index in [-0.39, 0.29) is 29.6 Å². The molecule has 15 atom stereocenters. The van der Waals surface area contributed by atoms with E-state index in [1.165, 1.54) is 20.3 Å². The first-order chi connectivity index (χ1) is 21.8. The van der Waals surface area contributed by atoms with Gasteiger partial charge in [0.15, 0.2) is 12.6 Å². The Morgan fingerprint density at radius 2 is 1.43 bits per heavy atom. The highest BCUT2D eigenvalue weighted by Crippen LogP contribution is 2.32. The molecule has 3 heterocycles. The first kappa shape index (κ1) is 39.0. The summed E-state index contributed by atoms with van der Waals surface area (Å²) in [7, 11) is 4.54. The molecule has 3 aliphatic rings. The lowest BCUT2D eigenvalue weighted by Crippen LogP contribution is -2.59. The highest BCUT2D eigenvalue weighted by molar-refractivity contribution is 5.82. The maximum absolute atomic E-state index is 13.2. The molecular formula is C34H58O12. The Kier molecular flexibility index (Phi) is 15.5. The first-order valence-corrected chi connectivity index (χ1v) is 16.8. The quantitative estimate of drug-likeness (QED) is 0.387. The monoisotopic (exact) mass is 658 g/mol. The van der Waals surface area contributed by atoms with Crippen molar-refractivity contribution in [3.8, 4) is 0 Å². The zero-order valence-electron chi connectivity index (χ0n) is 29.0. The number of ether oxygens (including phenoxy) is 8. The maximum atomic E-state index is 13.2. The van der Waals surface area contributed by atoms with E-state index in [1.807, 2.05) is 27.7 Å². The average molecular weight is 659 g/mol. The molecule has 3 aliphatic heterocycles. The first-order valence-electron chi connectivity index (χ1n) is 16.8. The molecular weight excluding hydrogens is 600 g/mol. The number of hydrogen-bond donors (Lipinski definition) is 2. The average Bonchev–Trinajstić information content (AvgIpc) is 3.01. The van der Waals surface area contributed by atoms with Crippen LogP contribution < -0.4 is 0 Å². The van der Waals surface area contributed by atoms with E-state index in [0.717, 1.165) is 0 Å². The van der Waals surface area contributed by atoms with Gasteiger partial charge in [-0.05, 0) is 46.0 Å². The second kappa shape index (κ2) is 18.3. The van der Waals surface area contributed by atoms with Crippen LogP contribution in [0.5, 0.6) is 0 Å². The topological polar surface area (TPSA) is 148 Å². The lowest BCUT2D eigenvalue weighted by molar-refractivity contribution is -0.317. The minimum absolute atomic E-state index is 0.0886. The Labute approximate surface area is 274 Å². The summed E-state index contributed by atoms with van der Waals surface area (Å²) in [5, 5.41) is 21.5. The molecule has 3 rings (SSSR count). The molecule has 2 saturated heterocycles. The number of hydrogen-bond acceptors (Lipinski definition) is 12. The van der Waals surface area contributed by atoms with Gasteiger partial charge >= 0.3 is 5.97 Å². The Morgan fingerprint density at radius 3 is 2.09 bits per heavy atom. The lowest BCUT2D eigenvalue weighted by atomic mass is 9.84. The van der Waals surface area contributed by atoms with Crippen LogP contribution in [-0.4, -0.2) is 117 Å². The van der Waals surface area contributed by atoms with Crippen LogP contribution in [0, 0.1) is 17.8 Å². The molecule has 12 nitrogen and oxygen atoms in total. The summed E-state index contributed by atoms with van der Waals surface area (Å²) in [5.74, 6) is -0.953. The van der Waals surface area contributed by atoms with Crippen molar-refractivity contribution >= 4 is 11.8 Å². The molecule has 0 saturated carbocycles. The van der Waals surface area contributed by atoms with Crippen LogP contribution in [0.25, 0.3) is 0 Å². The van der Waals surface area contributed by atoms with Crippen LogP contribution >= 0.6 is 0 Å². The largest absolute Gasteiger partial charge is 0.457 e. The van der Waals surface area contributed by atoms with E-state index in [0.29, 0.717) is 38.5 Å². The van der Waals surface area contributed by atoms with Gasteiger partial charge in [0.25, 0.3) is 0 Å². The number of aliphatic hydroxyl groups is 2. The summed E-state index contributed by atoms with van der Waals surface area (Å²) in [4.78, 5) is 26.3. The zero-order chi connectivity index (χ0) is 34.1. The van der Waals surface area contributed by atoms with Gasteiger partial charge in [0, 0.05) is 52.1 Å². The van der Waals surface area contributed by atoms with E-state index in [2.05, 4.69) is 0 Å². The molecule has 0 radical (unpaired) electrons. The van der Waals surface area contributed by atoms with Gasteiger partial charge in [-0.1, -0.05) is 33.3 Å². The molecule has 0 aromatic carbocycles. The molecule has 0 aromatic rings. The summed E-state index contributed by atoms with van der Waals surface area (Å²) in [6.07, 6.45) is -1.51. The number of methoxy groups -OCH3 is 3. The minimum atomic E-state index is -0.983. The van der Waals surface area contributed by atoms with E-state index in [4.69, 9.17) is 37.9 Å². The van der Waals surface area contributed by atoms with Gasteiger partial charge in [-0.3, -0.25) is 4.79 Å². The molecule has 2 fully saturated rings. The van der Waals surface area contributed by atoms with Gasteiger partial charge in [0.05, 0.1) is 30.5 Å². The maximum Gasteiger partial charge on any atom is 0.330 e. The molecule has 12 heteroatoms. The Hall–Kier alpha value is -1.48. The summed E-state index contributed by atoms with van der Waals surface area (Å²) < 4.78 is 47.2. The predicted octanol–water partition coefficient (Wildman–Crippen LogP) is 3.33. The van der Waals surface area contributed by atoms with Crippen molar-refractivity contribution in [3.63, 3.8) is 0 Å². The van der Waals surface area contributed by atoms with E-state index >= 15 is 0 Å². The van der Waals surface area contributed by atoms with Gasteiger partial charge in [-0.2, -0.15) is 0 Å². The van der Waals surface area contributed by atoms with Gasteiger partial charge < -0.3 is 48.1 Å². The third kappa shape index (κ3) is 10.3. The molecule has 2 N–H and O–H groups in total. The molecule has 266 valence electrons. The normalized spacial score (nSPS) is 44.8. The second-order valence-electron chi connectivity index (χ2n) is 13.4. The van der Waals surface area contributed by atoms with Crippen molar-refractivity contribution < 1.29 is 57.7 Å². The number of rotatable bonds is 7. The van der Waals surface area contributed by atoms with Crippen molar-refractivity contribution in [1.29, 1.82) is 0 Å². The number of ketones is 1. The van der Waals surface area contributed by atoms with E-state index in [9.17, 15) is 19.8 Å². The molecule has 46 heavy (non-hydrogen) atoms. The molecule has 0 unspecified atom stereocenters. The zero-order valence-corrected chi connectivity index (χ0v) is 29.0. The number of Topliss-reactive ketones (excluding diaryl/α,β-unsaturated/α-hetero) is 1. The summed E-state index contributed by atoms with van der Waals surface area (Å²) in [6, 6.07) is 0. The fourth-order valence-corrected chi connectivity index (χ4v) is 6.84. The summed E-state index contributed by atoms with van der Waals surface area (Å²) in [5.41, 5.74) is 0. The van der Waals surface area contributed by atoms with Crippen molar-refractivity contribution in [2.75, 3.05) is 21.3 Å². The third-order valence-electron chi connectivity index (χ3n) is 9.67. The minimum Gasteiger partial charge on any atom is -0.457 e. The van der Waals surface area contributed by atoms with Crippen LogP contribution in [0.3, 0.4) is 0 Å². The number of aliphatic hydroxyl groups excluding tert-OH is 2. The number of carbonyl (C=O) groups is 2. The second-order valence-corrected chi connectivity index (χ2v) is 13.4. The van der Waals surface area contributed by atoms with Crippen LogP contribution in [0.15, 0.2) is 12.2 Å². The fraction of sp³-hybridized carbons (Fsp3) is 0.882. The van der Waals surface area contributed by atoms with Crippen LogP contribution in [0.1, 0.15) is 80.1 Å². The highest BCUT2D eigenvalue weighted by Gasteiger charge is 2.46. The predicted molar refractivity (Wildman–Crippen MR) is 168 cm³/mol. The van der Waals surface area contributed by atoms with Crippen LogP contribution in [-0.2, 0) is 47.5 Å². The highest BCUT2D eigenvalue weighted by atomic mass is 16.7. The molecule has 0 bridgehead atoms. The van der Waals surface area contributed by atoms with Gasteiger partial charge in [0.2, 0.25) is 0 Å². The Balaban J connectivity index is 1.81. The summed E-state index contributed by atoms with van der Waals surface area (Å²) >= 11 is 0. The van der Waals surface area contributed by atoms with Crippen molar-refractivity contribution in [1.82, 2.24) is 0 Å². The fourth-order valence-electron chi connectivity index (χ4n) is 6.84. The molecule has 0 aliphatic carbocycles. The number of carbonyl (C=O) groups excluding carboxylic acids is 2. The standard InChI is InChI=1S/C34H58O12/c1-18-14-15-27(36)43-22(5)25(45-34-32(41-9)31(40-8)28(37)23(6)44-34)13-11-10-12-24(35)19(2)16-20(3)30(18)46-33-29(38)26(39-7)17-21(4)42-33/h14-15,18-23,25-26,28-34,37-38H,10-13,16-17H2,1-9H3/b15-14+/t18-,19+,20-,21+,22+,23+,25+,26-,28+,29+,30+,31+,32+,33-,34-/m0/s1. The smallest absolute Gasteiger partial charge is 0.330 e. The SMILES string of the molecule is CO[C@@H]1[C@H](O)[C@@H](C)O[C@@H](O[C@@H]2CCCCC(=O)[C@H](C)C[C@H](C)[C@H](O[C@@H]3O[C@H](C)C[C@H](OC)[C@H]3O)[C@@H](C)/C=C/C(=O)O[C@@H]2C)[C@@H]1OC.